The molecule has 1 N–H and O–H groups in total. The van der Waals surface area contributed by atoms with Gasteiger partial charge in [-0.05, 0) is 81.8 Å². The molecule has 0 aliphatic carbocycles. The lowest BCUT2D eigenvalue weighted by atomic mass is 10.00. The number of amides is 1. The van der Waals surface area contributed by atoms with Crippen molar-refractivity contribution in [2.45, 2.75) is 47.0 Å². The zero-order valence-electron chi connectivity index (χ0n) is 14.5. The van der Waals surface area contributed by atoms with Crippen molar-refractivity contribution in [3.8, 4) is 0 Å². The highest BCUT2D eigenvalue weighted by molar-refractivity contribution is 5.95. The first-order valence-electron chi connectivity index (χ1n) is 8.55. The van der Waals surface area contributed by atoms with Crippen LogP contribution in [0.15, 0.2) is 12.1 Å². The molecule has 1 aliphatic heterocycles. The van der Waals surface area contributed by atoms with Crippen molar-refractivity contribution in [2.24, 2.45) is 5.92 Å². The second-order valence-electron chi connectivity index (χ2n) is 6.91. The van der Waals surface area contributed by atoms with Crippen molar-refractivity contribution in [1.29, 1.82) is 0 Å². The third kappa shape index (κ3) is 4.57. The predicted molar refractivity (Wildman–Crippen MR) is 92.4 cm³/mol. The lowest BCUT2D eigenvalue weighted by Gasteiger charge is -2.30. The Labute approximate surface area is 135 Å². The Morgan fingerprint density at radius 1 is 1.23 bits per heavy atom. The van der Waals surface area contributed by atoms with Crippen LogP contribution in [0, 0.1) is 26.7 Å². The Bertz CT molecular complexity index is 524. The number of nitrogens with one attached hydrogen (secondary N) is 1. The van der Waals surface area contributed by atoms with Crippen molar-refractivity contribution in [1.82, 2.24) is 10.2 Å². The SMILES string of the molecule is Cc1cc(C)c(C(=O)NCCCN2CCC[C@H](C)C2)cc1C. The number of benzene rings is 1. The number of hydrogen-bond donors (Lipinski definition) is 1. The maximum absolute atomic E-state index is 12.3. The molecular weight excluding hydrogens is 272 g/mol. The molecule has 1 amide bonds. The second-order valence-corrected chi connectivity index (χ2v) is 6.91. The van der Waals surface area contributed by atoms with E-state index in [1.807, 2.05) is 13.0 Å². The minimum Gasteiger partial charge on any atom is -0.352 e. The fraction of sp³-hybridized carbons (Fsp3) is 0.632. The third-order valence-electron chi connectivity index (χ3n) is 4.76. The minimum absolute atomic E-state index is 0.0626. The molecule has 0 bridgehead atoms. The minimum atomic E-state index is 0.0626. The first kappa shape index (κ1) is 17.0. The van der Waals surface area contributed by atoms with Gasteiger partial charge in [0.25, 0.3) is 5.91 Å². The van der Waals surface area contributed by atoms with Crippen LogP contribution in [0.2, 0.25) is 0 Å². The van der Waals surface area contributed by atoms with Gasteiger partial charge < -0.3 is 10.2 Å². The molecule has 1 aliphatic rings. The highest BCUT2D eigenvalue weighted by Crippen LogP contribution is 2.16. The molecule has 3 heteroatoms. The molecule has 0 unspecified atom stereocenters. The van der Waals surface area contributed by atoms with Gasteiger partial charge in [0.05, 0.1) is 0 Å². The van der Waals surface area contributed by atoms with Gasteiger partial charge in [-0.25, -0.2) is 0 Å². The maximum atomic E-state index is 12.3. The molecule has 22 heavy (non-hydrogen) atoms. The van der Waals surface area contributed by atoms with Crippen molar-refractivity contribution >= 4 is 5.91 Å². The summed E-state index contributed by atoms with van der Waals surface area (Å²) in [5.74, 6) is 0.883. The molecule has 1 fully saturated rings. The van der Waals surface area contributed by atoms with Crippen molar-refractivity contribution in [2.75, 3.05) is 26.2 Å². The fourth-order valence-electron chi connectivity index (χ4n) is 3.29. The van der Waals surface area contributed by atoms with E-state index in [0.29, 0.717) is 0 Å². The number of hydrogen-bond acceptors (Lipinski definition) is 2. The Kier molecular flexibility index (Phi) is 6.01. The number of rotatable bonds is 5. The largest absolute Gasteiger partial charge is 0.352 e. The summed E-state index contributed by atoms with van der Waals surface area (Å²) in [5, 5.41) is 3.07. The van der Waals surface area contributed by atoms with E-state index in [1.165, 1.54) is 37.1 Å². The van der Waals surface area contributed by atoms with E-state index in [9.17, 15) is 4.79 Å². The van der Waals surface area contributed by atoms with E-state index in [2.05, 4.69) is 37.1 Å². The second kappa shape index (κ2) is 7.77. The Morgan fingerprint density at radius 2 is 1.95 bits per heavy atom. The standard InChI is InChI=1S/C19H30N2O/c1-14-7-5-9-21(13-14)10-6-8-20-19(22)18-12-16(3)15(2)11-17(18)4/h11-12,14H,5-10,13H2,1-4H3,(H,20,22)/t14-/m0/s1. The number of carbonyl (C=O) groups excluding carboxylic acids is 1. The van der Waals surface area contributed by atoms with Crippen LogP contribution in [0.5, 0.6) is 0 Å². The normalized spacial score (nSPS) is 19.2. The lowest BCUT2D eigenvalue weighted by molar-refractivity contribution is 0.0949. The quantitative estimate of drug-likeness (QED) is 0.845. The molecule has 3 nitrogen and oxygen atoms in total. The average molecular weight is 302 g/mol. The van der Waals surface area contributed by atoms with Crippen molar-refractivity contribution < 1.29 is 4.79 Å². The Morgan fingerprint density at radius 3 is 2.68 bits per heavy atom. The molecule has 1 atom stereocenters. The Balaban J connectivity index is 1.77. The van der Waals surface area contributed by atoms with Crippen LogP contribution >= 0.6 is 0 Å². The van der Waals surface area contributed by atoms with Crippen LogP contribution in [0.25, 0.3) is 0 Å². The molecule has 1 heterocycles. The average Bonchev–Trinajstić information content (AvgIpc) is 2.47. The summed E-state index contributed by atoms with van der Waals surface area (Å²) in [6.45, 7) is 12.8. The summed E-state index contributed by atoms with van der Waals surface area (Å²) in [5.41, 5.74) is 4.30. The van der Waals surface area contributed by atoms with Crippen LogP contribution in [0.3, 0.4) is 0 Å². The maximum Gasteiger partial charge on any atom is 0.251 e. The Hall–Kier alpha value is -1.35. The molecule has 1 saturated heterocycles. The first-order valence-corrected chi connectivity index (χ1v) is 8.55. The summed E-state index contributed by atoms with van der Waals surface area (Å²) in [4.78, 5) is 14.8. The van der Waals surface area contributed by atoms with E-state index in [-0.39, 0.29) is 5.91 Å². The lowest BCUT2D eigenvalue weighted by Crippen LogP contribution is -2.36. The number of aryl methyl sites for hydroxylation is 3. The highest BCUT2D eigenvalue weighted by Gasteiger charge is 2.15. The topological polar surface area (TPSA) is 32.3 Å². The smallest absolute Gasteiger partial charge is 0.251 e. The molecule has 0 saturated carbocycles. The van der Waals surface area contributed by atoms with Gasteiger partial charge in [-0.2, -0.15) is 0 Å². The molecule has 122 valence electrons. The van der Waals surface area contributed by atoms with Gasteiger partial charge in [-0.15, -0.1) is 0 Å². The monoisotopic (exact) mass is 302 g/mol. The van der Waals surface area contributed by atoms with Gasteiger partial charge >= 0.3 is 0 Å². The number of nitrogens with zero attached hydrogens (tertiary/aromatic N) is 1. The molecular formula is C19H30N2O. The van der Waals surface area contributed by atoms with Gasteiger partial charge in [-0.3, -0.25) is 4.79 Å². The van der Waals surface area contributed by atoms with Crippen LogP contribution in [0.1, 0.15) is 53.2 Å². The summed E-state index contributed by atoms with van der Waals surface area (Å²) in [7, 11) is 0. The van der Waals surface area contributed by atoms with Crippen LogP contribution in [-0.2, 0) is 0 Å². The summed E-state index contributed by atoms with van der Waals surface area (Å²) >= 11 is 0. The summed E-state index contributed by atoms with van der Waals surface area (Å²) in [6.07, 6.45) is 3.71. The summed E-state index contributed by atoms with van der Waals surface area (Å²) < 4.78 is 0. The number of likely N-dealkylation sites (tertiary alicyclic amines) is 1. The fourth-order valence-corrected chi connectivity index (χ4v) is 3.29. The third-order valence-corrected chi connectivity index (χ3v) is 4.76. The van der Waals surface area contributed by atoms with Gasteiger partial charge in [0.2, 0.25) is 0 Å². The molecule has 0 aromatic heterocycles. The van der Waals surface area contributed by atoms with E-state index >= 15 is 0 Å². The van der Waals surface area contributed by atoms with Crippen LogP contribution < -0.4 is 5.32 Å². The van der Waals surface area contributed by atoms with E-state index < -0.39 is 0 Å². The van der Waals surface area contributed by atoms with Gasteiger partial charge in [0, 0.05) is 18.7 Å². The summed E-state index contributed by atoms with van der Waals surface area (Å²) in [6, 6.07) is 4.10. The predicted octanol–water partition coefficient (Wildman–Crippen LogP) is 3.46. The van der Waals surface area contributed by atoms with Crippen molar-refractivity contribution in [3.05, 3.63) is 34.4 Å². The molecule has 1 aromatic rings. The van der Waals surface area contributed by atoms with Crippen LogP contribution in [0.4, 0.5) is 0 Å². The molecule has 1 aromatic carbocycles. The van der Waals surface area contributed by atoms with Crippen molar-refractivity contribution in [3.63, 3.8) is 0 Å². The zero-order valence-corrected chi connectivity index (χ0v) is 14.5. The number of carbonyl (C=O) groups is 1. The highest BCUT2D eigenvalue weighted by atomic mass is 16.1. The van der Waals surface area contributed by atoms with E-state index in [1.54, 1.807) is 0 Å². The number of piperidine rings is 1. The molecule has 0 radical (unpaired) electrons. The van der Waals surface area contributed by atoms with Gasteiger partial charge in [0.15, 0.2) is 0 Å². The first-order chi connectivity index (χ1) is 10.5. The molecule has 2 rings (SSSR count). The molecule has 0 spiro atoms. The van der Waals surface area contributed by atoms with Gasteiger partial charge in [0.1, 0.15) is 0 Å². The zero-order chi connectivity index (χ0) is 16.1. The van der Waals surface area contributed by atoms with E-state index in [0.717, 1.165) is 36.6 Å². The van der Waals surface area contributed by atoms with Crippen LogP contribution in [-0.4, -0.2) is 37.0 Å². The van der Waals surface area contributed by atoms with E-state index in [4.69, 9.17) is 0 Å². The van der Waals surface area contributed by atoms with Gasteiger partial charge in [-0.1, -0.05) is 13.0 Å².